The molecule has 1 amide bonds. The number of ether oxygens (including phenoxy) is 3. The molecule has 2 aromatic carbocycles. The third-order valence-electron chi connectivity index (χ3n) is 4.81. The molecule has 32 heavy (non-hydrogen) atoms. The number of hydrogen-bond donors (Lipinski definition) is 0. The summed E-state index contributed by atoms with van der Waals surface area (Å²) < 4.78 is 16.7. The van der Waals surface area contributed by atoms with E-state index in [1.54, 1.807) is 14.2 Å². The van der Waals surface area contributed by atoms with Crippen molar-refractivity contribution in [3.63, 3.8) is 0 Å². The van der Waals surface area contributed by atoms with Crippen molar-refractivity contribution in [2.45, 2.75) is 33.9 Å². The van der Waals surface area contributed by atoms with Gasteiger partial charge >= 0.3 is 0 Å². The van der Waals surface area contributed by atoms with Crippen LogP contribution in [0.4, 0.5) is 0 Å². The smallest absolute Gasteiger partial charge is 0.254 e. The first-order chi connectivity index (χ1) is 15.4. The van der Waals surface area contributed by atoms with Gasteiger partial charge in [0.2, 0.25) is 5.75 Å². The third kappa shape index (κ3) is 6.01. The summed E-state index contributed by atoms with van der Waals surface area (Å²) in [6.07, 6.45) is 0. The maximum absolute atomic E-state index is 13.1. The van der Waals surface area contributed by atoms with Gasteiger partial charge in [-0.3, -0.25) is 4.79 Å². The lowest BCUT2D eigenvalue weighted by molar-refractivity contribution is 0.0720. The molecule has 1 heterocycles. The lowest BCUT2D eigenvalue weighted by Crippen LogP contribution is -2.34. The van der Waals surface area contributed by atoms with E-state index in [1.807, 2.05) is 59.7 Å². The molecule has 3 rings (SSSR count). The van der Waals surface area contributed by atoms with Crippen LogP contribution in [-0.2, 0) is 13.2 Å². The van der Waals surface area contributed by atoms with Crippen LogP contribution in [0.2, 0.25) is 0 Å². The van der Waals surface area contributed by atoms with Gasteiger partial charge in [0.15, 0.2) is 11.5 Å². The van der Waals surface area contributed by atoms with Gasteiger partial charge in [0.25, 0.3) is 5.91 Å². The summed E-state index contributed by atoms with van der Waals surface area (Å²) in [6, 6.07) is 13.2. The highest BCUT2D eigenvalue weighted by atomic mass is 32.1. The Morgan fingerprint density at radius 3 is 2.41 bits per heavy atom. The van der Waals surface area contributed by atoms with Gasteiger partial charge < -0.3 is 19.1 Å². The Morgan fingerprint density at radius 1 is 1.09 bits per heavy atom. The van der Waals surface area contributed by atoms with Gasteiger partial charge in [0.1, 0.15) is 11.6 Å². The summed E-state index contributed by atoms with van der Waals surface area (Å²) in [5, 5.41) is 2.80. The van der Waals surface area contributed by atoms with Crippen molar-refractivity contribution in [2.24, 2.45) is 5.92 Å². The standard InChI is InChI=1S/C25H30N2O4S/c1-17(2)13-27(25(28)19-9-6-8-18(3)12-19)14-20-16-32-23(26-20)15-31-24-21(29-4)10-7-11-22(24)30-5/h6-12,16-17H,13-15H2,1-5H3. The molecule has 1 aromatic heterocycles. The normalized spacial score (nSPS) is 10.8. The van der Waals surface area contributed by atoms with Crippen molar-refractivity contribution in [1.29, 1.82) is 0 Å². The molecule has 0 saturated carbocycles. The second-order valence-electron chi connectivity index (χ2n) is 7.96. The van der Waals surface area contributed by atoms with Crippen LogP contribution in [0.1, 0.15) is 40.5 Å². The Hall–Kier alpha value is -3.06. The van der Waals surface area contributed by atoms with Crippen LogP contribution in [-0.4, -0.2) is 36.6 Å². The Morgan fingerprint density at radius 2 is 1.78 bits per heavy atom. The van der Waals surface area contributed by atoms with Crippen molar-refractivity contribution in [1.82, 2.24) is 9.88 Å². The second kappa shape index (κ2) is 11.0. The molecule has 0 saturated heterocycles. The Labute approximate surface area is 193 Å². The molecule has 0 fully saturated rings. The SMILES string of the molecule is COc1cccc(OC)c1OCc1nc(CN(CC(C)C)C(=O)c2cccc(C)c2)cs1. The number of carbonyl (C=O) groups is 1. The fraction of sp³-hybridized carbons (Fsp3) is 0.360. The van der Waals surface area contributed by atoms with Crippen LogP contribution in [0.3, 0.4) is 0 Å². The van der Waals surface area contributed by atoms with Gasteiger partial charge in [-0.25, -0.2) is 4.98 Å². The number of carbonyl (C=O) groups excluding carboxylic acids is 1. The number of nitrogens with zero attached hydrogens (tertiary/aromatic N) is 2. The van der Waals surface area contributed by atoms with Crippen LogP contribution >= 0.6 is 11.3 Å². The van der Waals surface area contributed by atoms with Crippen molar-refractivity contribution >= 4 is 17.2 Å². The number of amides is 1. The molecule has 0 aliphatic rings. The minimum atomic E-state index is 0.0203. The lowest BCUT2D eigenvalue weighted by atomic mass is 10.1. The third-order valence-corrected chi connectivity index (χ3v) is 5.68. The highest BCUT2D eigenvalue weighted by Crippen LogP contribution is 2.37. The maximum atomic E-state index is 13.1. The summed E-state index contributed by atoms with van der Waals surface area (Å²) in [4.78, 5) is 19.7. The summed E-state index contributed by atoms with van der Waals surface area (Å²) in [6.45, 7) is 7.62. The molecule has 170 valence electrons. The predicted molar refractivity (Wildman–Crippen MR) is 127 cm³/mol. The molecule has 0 radical (unpaired) electrons. The van der Waals surface area contributed by atoms with E-state index in [-0.39, 0.29) is 12.5 Å². The van der Waals surface area contributed by atoms with Gasteiger partial charge in [0.05, 0.1) is 26.5 Å². The average molecular weight is 455 g/mol. The first-order valence-corrected chi connectivity index (χ1v) is 11.4. The minimum Gasteiger partial charge on any atom is -0.493 e. The van der Waals surface area contributed by atoms with Crippen LogP contribution in [0.15, 0.2) is 47.8 Å². The minimum absolute atomic E-state index is 0.0203. The summed E-state index contributed by atoms with van der Waals surface area (Å²) in [7, 11) is 3.19. The van der Waals surface area contributed by atoms with Crippen molar-refractivity contribution < 1.29 is 19.0 Å². The number of benzene rings is 2. The Kier molecular flexibility index (Phi) is 8.11. The van der Waals surface area contributed by atoms with E-state index >= 15 is 0 Å². The summed E-state index contributed by atoms with van der Waals surface area (Å²) in [5.41, 5.74) is 2.62. The van der Waals surface area contributed by atoms with E-state index in [1.165, 1.54) is 11.3 Å². The first-order valence-electron chi connectivity index (χ1n) is 10.5. The van der Waals surface area contributed by atoms with Gasteiger partial charge in [0, 0.05) is 17.5 Å². The van der Waals surface area contributed by atoms with Crippen LogP contribution in [0.25, 0.3) is 0 Å². The van der Waals surface area contributed by atoms with E-state index in [2.05, 4.69) is 13.8 Å². The quantitative estimate of drug-likeness (QED) is 0.413. The average Bonchev–Trinajstić information content (AvgIpc) is 3.23. The van der Waals surface area contributed by atoms with E-state index in [0.717, 1.165) is 16.3 Å². The zero-order valence-corrected chi connectivity index (χ0v) is 20.1. The van der Waals surface area contributed by atoms with Crippen LogP contribution in [0, 0.1) is 12.8 Å². The maximum Gasteiger partial charge on any atom is 0.254 e. The van der Waals surface area contributed by atoms with Gasteiger partial charge in [-0.1, -0.05) is 37.6 Å². The fourth-order valence-electron chi connectivity index (χ4n) is 3.40. The van der Waals surface area contributed by atoms with Crippen molar-refractivity contribution in [3.8, 4) is 17.2 Å². The topological polar surface area (TPSA) is 60.9 Å². The number of aromatic nitrogens is 1. The zero-order chi connectivity index (χ0) is 23.1. The zero-order valence-electron chi connectivity index (χ0n) is 19.3. The second-order valence-corrected chi connectivity index (χ2v) is 8.90. The van der Waals surface area contributed by atoms with E-state index < -0.39 is 0 Å². The van der Waals surface area contributed by atoms with Crippen molar-refractivity contribution in [2.75, 3.05) is 20.8 Å². The largest absolute Gasteiger partial charge is 0.493 e. The fourth-order valence-corrected chi connectivity index (χ4v) is 4.09. The van der Waals surface area contributed by atoms with E-state index in [0.29, 0.717) is 41.8 Å². The summed E-state index contributed by atoms with van der Waals surface area (Å²) in [5.74, 6) is 2.13. The lowest BCUT2D eigenvalue weighted by Gasteiger charge is -2.24. The van der Waals surface area contributed by atoms with Gasteiger partial charge in [-0.05, 0) is 37.1 Å². The molecular weight excluding hydrogens is 424 g/mol. The number of methoxy groups -OCH3 is 2. The van der Waals surface area contributed by atoms with Gasteiger partial charge in [-0.2, -0.15) is 0 Å². The molecule has 6 nitrogen and oxygen atoms in total. The monoisotopic (exact) mass is 454 g/mol. The Balaban J connectivity index is 1.71. The molecule has 7 heteroatoms. The predicted octanol–water partition coefficient (Wildman–Crippen LogP) is 5.35. The molecule has 0 atom stereocenters. The molecule has 0 aliphatic carbocycles. The molecule has 0 unspecified atom stereocenters. The summed E-state index contributed by atoms with van der Waals surface area (Å²) >= 11 is 1.51. The molecule has 0 spiro atoms. The molecule has 0 aliphatic heterocycles. The number of aryl methyl sites for hydroxylation is 1. The number of hydrogen-bond acceptors (Lipinski definition) is 6. The Bertz CT molecular complexity index is 1030. The van der Waals surface area contributed by atoms with E-state index in [9.17, 15) is 4.79 Å². The van der Waals surface area contributed by atoms with Crippen molar-refractivity contribution in [3.05, 3.63) is 69.7 Å². The molecule has 3 aromatic rings. The number of para-hydroxylation sites is 1. The highest BCUT2D eigenvalue weighted by Gasteiger charge is 2.19. The van der Waals surface area contributed by atoms with E-state index in [4.69, 9.17) is 19.2 Å². The molecule has 0 bridgehead atoms. The number of thiazole rings is 1. The van der Waals surface area contributed by atoms with Crippen LogP contribution < -0.4 is 14.2 Å². The molecular formula is C25H30N2O4S. The number of rotatable bonds is 10. The highest BCUT2D eigenvalue weighted by molar-refractivity contribution is 7.09. The van der Waals surface area contributed by atoms with Crippen LogP contribution in [0.5, 0.6) is 17.2 Å². The van der Waals surface area contributed by atoms with Gasteiger partial charge in [-0.15, -0.1) is 11.3 Å². The molecule has 0 N–H and O–H groups in total. The first kappa shape index (κ1) is 23.6.